The maximum atomic E-state index is 12.2. The molecule has 2 aromatic rings. The van der Waals surface area contributed by atoms with Gasteiger partial charge in [0.1, 0.15) is 0 Å². The average molecular weight is 342 g/mol. The Balaban J connectivity index is 1.75. The summed E-state index contributed by atoms with van der Waals surface area (Å²) in [5.41, 5.74) is 0.827. The van der Waals surface area contributed by atoms with E-state index in [1.807, 2.05) is 12.1 Å². The fourth-order valence-corrected chi connectivity index (χ4v) is 4.45. The lowest BCUT2D eigenvalue weighted by atomic mass is 10.3. The van der Waals surface area contributed by atoms with Crippen LogP contribution in [0.15, 0.2) is 22.5 Å². The van der Waals surface area contributed by atoms with Crippen LogP contribution in [0.5, 0.6) is 0 Å². The zero-order valence-corrected chi connectivity index (χ0v) is 13.5. The summed E-state index contributed by atoms with van der Waals surface area (Å²) >= 11 is 8.82. The maximum Gasteiger partial charge on any atom is 0.324 e. The number of imide groups is 1. The normalized spacial score (nSPS) is 16.3. The molecule has 0 saturated carbocycles. The molecule has 1 aliphatic heterocycles. The second-order valence-electron chi connectivity index (χ2n) is 4.57. The number of nitrogens with zero attached hydrogens (tertiary/aromatic N) is 2. The summed E-state index contributed by atoms with van der Waals surface area (Å²) in [6.07, 6.45) is 0. The van der Waals surface area contributed by atoms with Gasteiger partial charge >= 0.3 is 6.03 Å². The number of rotatable bonds is 3. The van der Waals surface area contributed by atoms with Crippen LogP contribution in [0.1, 0.15) is 6.92 Å². The Morgan fingerprint density at radius 1 is 1.57 bits per heavy atom. The third kappa shape index (κ3) is 3.00. The highest BCUT2D eigenvalue weighted by Crippen LogP contribution is 2.33. The molecule has 5 nitrogen and oxygen atoms in total. The van der Waals surface area contributed by atoms with E-state index in [1.54, 1.807) is 13.0 Å². The summed E-state index contributed by atoms with van der Waals surface area (Å²) in [5, 5.41) is 2.91. The molecule has 0 spiro atoms. The average Bonchev–Trinajstić information content (AvgIpc) is 3.03. The first-order valence-corrected chi connectivity index (χ1v) is 8.44. The van der Waals surface area contributed by atoms with Gasteiger partial charge < -0.3 is 5.32 Å². The number of aromatic nitrogens is 1. The predicted molar refractivity (Wildman–Crippen MR) is 85.1 cm³/mol. The van der Waals surface area contributed by atoms with Crippen LogP contribution < -0.4 is 5.32 Å². The van der Waals surface area contributed by atoms with Crippen molar-refractivity contribution in [2.45, 2.75) is 16.5 Å². The van der Waals surface area contributed by atoms with Gasteiger partial charge in [0, 0.05) is 18.1 Å². The van der Waals surface area contributed by atoms with Crippen molar-refractivity contribution in [2.24, 2.45) is 0 Å². The largest absolute Gasteiger partial charge is 0.336 e. The van der Waals surface area contributed by atoms with E-state index < -0.39 is 0 Å². The number of thiazole rings is 1. The van der Waals surface area contributed by atoms with Gasteiger partial charge in [-0.2, -0.15) is 0 Å². The van der Waals surface area contributed by atoms with Crippen LogP contribution in [-0.4, -0.2) is 40.2 Å². The van der Waals surface area contributed by atoms with Crippen LogP contribution in [0.3, 0.4) is 0 Å². The van der Waals surface area contributed by atoms with Crippen molar-refractivity contribution in [1.82, 2.24) is 15.2 Å². The molecular formula is C13H12ClN3O2S2. The monoisotopic (exact) mass is 341 g/mol. The van der Waals surface area contributed by atoms with Crippen LogP contribution in [0, 0.1) is 0 Å². The van der Waals surface area contributed by atoms with Crippen LogP contribution in [0.25, 0.3) is 10.2 Å². The lowest BCUT2D eigenvalue weighted by Gasteiger charge is -2.16. The number of hydrogen-bond donors (Lipinski definition) is 1. The van der Waals surface area contributed by atoms with Gasteiger partial charge in [0.15, 0.2) is 4.34 Å². The molecule has 1 saturated heterocycles. The first-order chi connectivity index (χ1) is 10.0. The van der Waals surface area contributed by atoms with E-state index in [2.05, 4.69) is 10.3 Å². The van der Waals surface area contributed by atoms with Crippen molar-refractivity contribution >= 4 is 56.9 Å². The number of carbonyl (C=O) groups is 2. The van der Waals surface area contributed by atoms with Crippen molar-refractivity contribution in [3.05, 3.63) is 23.2 Å². The number of urea groups is 1. The van der Waals surface area contributed by atoms with Crippen LogP contribution in [0.4, 0.5) is 4.79 Å². The number of nitrogens with one attached hydrogen (secondary N) is 1. The molecule has 3 amide bonds. The van der Waals surface area contributed by atoms with Gasteiger partial charge in [0.2, 0.25) is 5.91 Å². The fraction of sp³-hybridized carbons (Fsp3) is 0.308. The van der Waals surface area contributed by atoms with Crippen molar-refractivity contribution < 1.29 is 9.59 Å². The van der Waals surface area contributed by atoms with Gasteiger partial charge in [-0.15, -0.1) is 11.3 Å². The SMILES string of the molecule is CC(Sc1nc2cc(Cl)ccc2s1)C(=O)N1CCNC1=O. The molecule has 110 valence electrons. The zero-order valence-electron chi connectivity index (χ0n) is 11.1. The van der Waals surface area contributed by atoms with E-state index >= 15 is 0 Å². The Hall–Kier alpha value is -1.31. The van der Waals surface area contributed by atoms with Gasteiger partial charge in [-0.3, -0.25) is 9.69 Å². The first-order valence-electron chi connectivity index (χ1n) is 6.36. The van der Waals surface area contributed by atoms with Gasteiger partial charge in [0.25, 0.3) is 0 Å². The molecule has 0 bridgehead atoms. The van der Waals surface area contributed by atoms with E-state index in [4.69, 9.17) is 11.6 Å². The van der Waals surface area contributed by atoms with E-state index in [9.17, 15) is 9.59 Å². The van der Waals surface area contributed by atoms with Gasteiger partial charge in [-0.25, -0.2) is 9.78 Å². The minimum Gasteiger partial charge on any atom is -0.336 e. The van der Waals surface area contributed by atoms with Gasteiger partial charge in [-0.05, 0) is 25.1 Å². The molecule has 21 heavy (non-hydrogen) atoms. The van der Waals surface area contributed by atoms with E-state index in [1.165, 1.54) is 28.0 Å². The number of halogens is 1. The van der Waals surface area contributed by atoms with Crippen molar-refractivity contribution in [3.8, 4) is 0 Å². The topological polar surface area (TPSA) is 62.3 Å². The highest BCUT2D eigenvalue weighted by atomic mass is 35.5. The molecular weight excluding hydrogens is 330 g/mol. The zero-order chi connectivity index (χ0) is 15.0. The molecule has 1 fully saturated rings. The summed E-state index contributed by atoms with van der Waals surface area (Å²) < 4.78 is 1.83. The van der Waals surface area contributed by atoms with Crippen LogP contribution in [-0.2, 0) is 4.79 Å². The number of benzene rings is 1. The summed E-state index contributed by atoms with van der Waals surface area (Å²) in [6, 6.07) is 5.22. The summed E-state index contributed by atoms with van der Waals surface area (Å²) in [7, 11) is 0. The Morgan fingerprint density at radius 2 is 2.38 bits per heavy atom. The summed E-state index contributed by atoms with van der Waals surface area (Å²) in [4.78, 5) is 29.5. The molecule has 1 unspecified atom stereocenters. The van der Waals surface area contributed by atoms with Gasteiger partial charge in [-0.1, -0.05) is 23.4 Å². The number of fused-ring (bicyclic) bond motifs is 1. The minimum atomic E-state index is -0.357. The highest BCUT2D eigenvalue weighted by Gasteiger charge is 2.30. The Kier molecular flexibility index (Phi) is 4.05. The van der Waals surface area contributed by atoms with Crippen molar-refractivity contribution in [1.29, 1.82) is 0 Å². The Bertz CT molecular complexity index is 719. The van der Waals surface area contributed by atoms with Crippen LogP contribution in [0.2, 0.25) is 5.02 Å². The first kappa shape index (κ1) is 14.6. The van der Waals surface area contributed by atoms with Gasteiger partial charge in [0.05, 0.1) is 15.5 Å². The number of amides is 3. The molecule has 1 N–H and O–H groups in total. The molecule has 0 aliphatic carbocycles. The Morgan fingerprint density at radius 3 is 3.10 bits per heavy atom. The maximum absolute atomic E-state index is 12.2. The van der Waals surface area contributed by atoms with E-state index in [0.29, 0.717) is 18.1 Å². The third-order valence-corrected chi connectivity index (χ3v) is 5.53. The number of thioether (sulfide) groups is 1. The molecule has 2 heterocycles. The second kappa shape index (κ2) is 5.82. The number of carbonyl (C=O) groups excluding carboxylic acids is 2. The fourth-order valence-electron chi connectivity index (χ4n) is 2.03. The molecule has 1 aliphatic rings. The van der Waals surface area contributed by atoms with Crippen molar-refractivity contribution in [2.75, 3.05) is 13.1 Å². The quantitative estimate of drug-likeness (QED) is 0.872. The second-order valence-corrected chi connectivity index (χ2v) is 7.63. The number of hydrogen-bond acceptors (Lipinski definition) is 5. The molecule has 8 heteroatoms. The van der Waals surface area contributed by atoms with E-state index in [0.717, 1.165) is 14.6 Å². The molecule has 1 aromatic carbocycles. The highest BCUT2D eigenvalue weighted by molar-refractivity contribution is 8.02. The molecule has 1 atom stereocenters. The smallest absolute Gasteiger partial charge is 0.324 e. The summed E-state index contributed by atoms with van der Waals surface area (Å²) in [5.74, 6) is -0.188. The molecule has 0 radical (unpaired) electrons. The predicted octanol–water partition coefficient (Wildman–Crippen LogP) is 2.98. The molecule has 3 rings (SSSR count). The van der Waals surface area contributed by atoms with E-state index in [-0.39, 0.29) is 17.2 Å². The standard InChI is InChI=1S/C13H12ClN3O2S2/c1-7(11(18)17-5-4-15-12(17)19)20-13-16-9-6-8(14)2-3-10(9)21-13/h2-3,6-7H,4-5H2,1H3,(H,15,19). The molecule has 1 aromatic heterocycles. The lowest BCUT2D eigenvalue weighted by molar-refractivity contribution is -0.126. The summed E-state index contributed by atoms with van der Waals surface area (Å²) in [6.45, 7) is 2.73. The lowest BCUT2D eigenvalue weighted by Crippen LogP contribution is -2.38. The minimum absolute atomic E-state index is 0.188. The third-order valence-electron chi connectivity index (χ3n) is 3.08. The Labute approximate surface area is 134 Å². The van der Waals surface area contributed by atoms with Crippen LogP contribution >= 0.6 is 34.7 Å². The van der Waals surface area contributed by atoms with Crippen molar-refractivity contribution in [3.63, 3.8) is 0 Å².